The summed E-state index contributed by atoms with van der Waals surface area (Å²) >= 11 is 0. The van der Waals surface area contributed by atoms with Crippen molar-refractivity contribution in [1.29, 1.82) is 0 Å². The molecule has 0 aliphatic carbocycles. The highest BCUT2D eigenvalue weighted by molar-refractivity contribution is 5.60. The monoisotopic (exact) mass is 226 g/mol. The molecule has 1 heterocycles. The molecule has 84 valence electrons. The molecule has 0 spiro atoms. The van der Waals surface area contributed by atoms with E-state index >= 15 is 0 Å². The number of hydrogen-bond acceptors (Lipinski definition) is 1. The number of nitrogens with zero attached hydrogens (tertiary/aromatic N) is 1. The van der Waals surface area contributed by atoms with E-state index in [1.54, 1.807) is 18.2 Å². The minimum atomic E-state index is -4.38. The van der Waals surface area contributed by atoms with E-state index in [4.69, 9.17) is 0 Å². The number of H-pyrrole nitrogens is 1. The maximum absolute atomic E-state index is 12.3. The molecule has 0 aliphatic rings. The number of alkyl halides is 3. The summed E-state index contributed by atoms with van der Waals surface area (Å²) in [5.41, 5.74) is 1.13. The Morgan fingerprint density at radius 3 is 2.50 bits per heavy atom. The van der Waals surface area contributed by atoms with E-state index in [0.29, 0.717) is 11.3 Å². The van der Waals surface area contributed by atoms with Crippen LogP contribution in [0.25, 0.3) is 11.3 Å². The summed E-state index contributed by atoms with van der Waals surface area (Å²) in [6.07, 6.45) is -4.38. The van der Waals surface area contributed by atoms with E-state index in [1.807, 2.05) is 18.1 Å². The van der Waals surface area contributed by atoms with Crippen molar-refractivity contribution in [3.8, 4) is 11.3 Å². The highest BCUT2D eigenvalue weighted by Gasteiger charge is 2.33. The minimum Gasteiger partial charge on any atom is -0.273 e. The summed E-state index contributed by atoms with van der Waals surface area (Å²) in [7, 11) is 0. The van der Waals surface area contributed by atoms with Gasteiger partial charge in [0.15, 0.2) is 0 Å². The van der Waals surface area contributed by atoms with Gasteiger partial charge in [-0.3, -0.25) is 5.10 Å². The zero-order chi connectivity index (χ0) is 11.8. The van der Waals surface area contributed by atoms with Crippen LogP contribution < -0.4 is 0 Å². The lowest BCUT2D eigenvalue weighted by molar-refractivity contribution is -0.141. The molecule has 0 saturated heterocycles. The summed E-state index contributed by atoms with van der Waals surface area (Å²) in [5.74, 6) is 0. The maximum atomic E-state index is 12.3. The van der Waals surface area contributed by atoms with E-state index in [0.717, 1.165) is 11.6 Å². The number of rotatable bonds is 1. The molecule has 0 atom stereocenters. The number of aromatic amines is 1. The van der Waals surface area contributed by atoms with Crippen molar-refractivity contribution in [2.75, 3.05) is 0 Å². The van der Waals surface area contributed by atoms with E-state index < -0.39 is 11.9 Å². The maximum Gasteiger partial charge on any atom is 0.432 e. The standard InChI is InChI=1S/C11H9F3N2/c1-7-3-2-4-8(5-7)9-6-10(16-15-9)11(12,13)14/h2-6H,1H3,(H,15,16). The molecule has 1 N–H and O–H groups in total. The predicted octanol–water partition coefficient (Wildman–Crippen LogP) is 3.40. The van der Waals surface area contributed by atoms with Gasteiger partial charge in [0.2, 0.25) is 0 Å². The number of hydrogen-bond donors (Lipinski definition) is 1. The highest BCUT2D eigenvalue weighted by atomic mass is 19.4. The third-order valence-corrected chi connectivity index (χ3v) is 2.20. The molecule has 0 radical (unpaired) electrons. The molecule has 0 saturated carbocycles. The summed E-state index contributed by atoms with van der Waals surface area (Å²) in [6.45, 7) is 1.88. The van der Waals surface area contributed by atoms with Crippen molar-refractivity contribution in [3.63, 3.8) is 0 Å². The number of aromatic nitrogens is 2. The normalized spacial score (nSPS) is 11.8. The lowest BCUT2D eigenvalue weighted by atomic mass is 10.1. The van der Waals surface area contributed by atoms with Gasteiger partial charge in [-0.1, -0.05) is 23.8 Å². The van der Waals surface area contributed by atoms with Gasteiger partial charge in [0.1, 0.15) is 5.69 Å². The Hall–Kier alpha value is -1.78. The van der Waals surface area contributed by atoms with Crippen LogP contribution in [0.4, 0.5) is 13.2 Å². The van der Waals surface area contributed by atoms with Crippen molar-refractivity contribution in [3.05, 3.63) is 41.6 Å². The molecule has 16 heavy (non-hydrogen) atoms. The Kier molecular flexibility index (Phi) is 2.46. The molecule has 1 aromatic carbocycles. The zero-order valence-electron chi connectivity index (χ0n) is 8.47. The van der Waals surface area contributed by atoms with Gasteiger partial charge in [-0.25, -0.2) is 0 Å². The van der Waals surface area contributed by atoms with E-state index in [1.165, 1.54) is 0 Å². The Balaban J connectivity index is 2.39. The first-order chi connectivity index (χ1) is 7.47. The van der Waals surface area contributed by atoms with Gasteiger partial charge >= 0.3 is 6.18 Å². The van der Waals surface area contributed by atoms with Crippen molar-refractivity contribution >= 4 is 0 Å². The average molecular weight is 226 g/mol. The van der Waals surface area contributed by atoms with Crippen molar-refractivity contribution < 1.29 is 13.2 Å². The van der Waals surface area contributed by atoms with Crippen LogP contribution in [0.15, 0.2) is 30.3 Å². The number of halogens is 3. The Morgan fingerprint density at radius 1 is 1.19 bits per heavy atom. The molecular weight excluding hydrogens is 217 g/mol. The number of aryl methyl sites for hydroxylation is 1. The van der Waals surface area contributed by atoms with E-state index in [9.17, 15) is 13.2 Å². The van der Waals surface area contributed by atoms with Crippen molar-refractivity contribution in [2.24, 2.45) is 0 Å². The third-order valence-electron chi connectivity index (χ3n) is 2.20. The quantitative estimate of drug-likeness (QED) is 0.793. The Labute approximate surface area is 90.1 Å². The first-order valence-electron chi connectivity index (χ1n) is 4.66. The van der Waals surface area contributed by atoms with Crippen LogP contribution in [-0.2, 0) is 6.18 Å². The smallest absolute Gasteiger partial charge is 0.273 e. The molecule has 5 heteroatoms. The SMILES string of the molecule is Cc1cccc(-c2cc(C(F)(F)F)[nH]n2)c1. The topological polar surface area (TPSA) is 28.7 Å². The van der Waals surface area contributed by atoms with Gasteiger partial charge < -0.3 is 0 Å². The fourth-order valence-electron chi connectivity index (χ4n) is 1.42. The first kappa shape index (κ1) is 10.7. The van der Waals surface area contributed by atoms with E-state index in [-0.39, 0.29) is 0 Å². The van der Waals surface area contributed by atoms with Crippen LogP contribution in [0.3, 0.4) is 0 Å². The third kappa shape index (κ3) is 2.08. The molecule has 0 bridgehead atoms. The molecule has 0 amide bonds. The van der Waals surface area contributed by atoms with Gasteiger partial charge in [0.25, 0.3) is 0 Å². The van der Waals surface area contributed by atoms with Gasteiger partial charge in [-0.2, -0.15) is 18.3 Å². The Bertz CT molecular complexity index is 500. The molecule has 0 fully saturated rings. The van der Waals surface area contributed by atoms with Crippen molar-refractivity contribution in [2.45, 2.75) is 13.1 Å². The average Bonchev–Trinajstić information content (AvgIpc) is 2.65. The van der Waals surface area contributed by atoms with Crippen LogP contribution >= 0.6 is 0 Å². The predicted molar refractivity (Wildman–Crippen MR) is 53.8 cm³/mol. The van der Waals surface area contributed by atoms with E-state index in [2.05, 4.69) is 5.10 Å². The zero-order valence-corrected chi connectivity index (χ0v) is 8.47. The Morgan fingerprint density at radius 2 is 1.94 bits per heavy atom. The minimum absolute atomic E-state index is 0.302. The molecule has 2 nitrogen and oxygen atoms in total. The lowest BCUT2D eigenvalue weighted by Crippen LogP contribution is -2.04. The molecule has 0 unspecified atom stereocenters. The van der Waals surface area contributed by atoms with Gasteiger partial charge in [0.05, 0.1) is 5.69 Å². The summed E-state index contributed by atoms with van der Waals surface area (Å²) in [6, 6.07) is 8.18. The molecule has 2 rings (SSSR count). The van der Waals surface area contributed by atoms with Crippen LogP contribution in [-0.4, -0.2) is 10.2 Å². The molecule has 2 aromatic rings. The van der Waals surface area contributed by atoms with Crippen LogP contribution in [0.2, 0.25) is 0 Å². The van der Waals surface area contributed by atoms with Crippen LogP contribution in [0, 0.1) is 6.92 Å². The second-order valence-electron chi connectivity index (χ2n) is 3.53. The van der Waals surface area contributed by atoms with Gasteiger partial charge in [0, 0.05) is 5.56 Å². The first-order valence-corrected chi connectivity index (χ1v) is 4.66. The summed E-state index contributed by atoms with van der Waals surface area (Å²) in [5, 5.41) is 5.64. The molecule has 1 aromatic heterocycles. The van der Waals surface area contributed by atoms with Gasteiger partial charge in [-0.05, 0) is 19.1 Å². The summed E-state index contributed by atoms with van der Waals surface area (Å²) in [4.78, 5) is 0. The second-order valence-corrected chi connectivity index (χ2v) is 3.53. The summed E-state index contributed by atoms with van der Waals surface area (Å²) < 4.78 is 37.0. The number of benzene rings is 1. The fourth-order valence-corrected chi connectivity index (χ4v) is 1.42. The van der Waals surface area contributed by atoms with Crippen LogP contribution in [0.5, 0.6) is 0 Å². The fraction of sp³-hybridized carbons (Fsp3) is 0.182. The van der Waals surface area contributed by atoms with Gasteiger partial charge in [-0.15, -0.1) is 0 Å². The largest absolute Gasteiger partial charge is 0.432 e. The lowest BCUT2D eigenvalue weighted by Gasteiger charge is -2.00. The highest BCUT2D eigenvalue weighted by Crippen LogP contribution is 2.30. The van der Waals surface area contributed by atoms with Crippen molar-refractivity contribution in [1.82, 2.24) is 10.2 Å². The molecular formula is C11H9F3N2. The molecule has 0 aliphatic heterocycles. The van der Waals surface area contributed by atoms with Crippen LogP contribution in [0.1, 0.15) is 11.3 Å². The second kappa shape index (κ2) is 3.66. The number of nitrogens with one attached hydrogen (secondary N) is 1.